The van der Waals surface area contributed by atoms with Gasteiger partial charge in [0.1, 0.15) is 0 Å². The predicted octanol–water partition coefficient (Wildman–Crippen LogP) is 2.16. The first-order valence-corrected chi connectivity index (χ1v) is 5.10. The Balaban J connectivity index is 2.10. The van der Waals surface area contributed by atoms with Crippen molar-refractivity contribution in [2.75, 3.05) is 13.2 Å². The molecular weight excluding hydrogens is 192 g/mol. The Bertz CT molecular complexity index is 282. The maximum atomic E-state index is 11.0. The van der Waals surface area contributed by atoms with E-state index in [1.165, 1.54) is 0 Å². The summed E-state index contributed by atoms with van der Waals surface area (Å²) in [7, 11) is 0. The number of rotatable bonds is 6. The summed E-state index contributed by atoms with van der Waals surface area (Å²) in [5.74, 6) is -0.203. The minimum absolute atomic E-state index is 0.203. The van der Waals surface area contributed by atoms with Crippen LogP contribution >= 0.6 is 0 Å². The predicted molar refractivity (Wildman–Crippen MR) is 57.3 cm³/mol. The molecule has 0 aliphatic heterocycles. The number of carbonyl (C=O) groups excluding carboxylic acids is 1. The first-order chi connectivity index (χ1) is 7.33. The Morgan fingerprint density at radius 3 is 2.67 bits per heavy atom. The maximum absolute atomic E-state index is 11.0. The molecule has 0 N–H and O–H groups in total. The quantitative estimate of drug-likeness (QED) is 0.531. The summed E-state index contributed by atoms with van der Waals surface area (Å²) in [5, 5.41) is 0. The van der Waals surface area contributed by atoms with Gasteiger partial charge in [-0.2, -0.15) is 0 Å². The molecule has 82 valence electrons. The normalized spacial score (nSPS) is 9.93. The van der Waals surface area contributed by atoms with Crippen molar-refractivity contribution in [3.05, 3.63) is 35.9 Å². The van der Waals surface area contributed by atoms with Crippen molar-refractivity contribution in [1.29, 1.82) is 0 Å². The van der Waals surface area contributed by atoms with Gasteiger partial charge in [0, 0.05) is 0 Å². The van der Waals surface area contributed by atoms with Crippen LogP contribution in [0.25, 0.3) is 0 Å². The topological polar surface area (TPSA) is 35.5 Å². The highest BCUT2D eigenvalue weighted by molar-refractivity contribution is 5.69. The summed E-state index contributed by atoms with van der Waals surface area (Å²) in [6.45, 7) is 3.17. The van der Waals surface area contributed by atoms with Gasteiger partial charge in [0.05, 0.1) is 26.2 Å². The lowest BCUT2D eigenvalue weighted by Gasteiger charge is -2.04. The van der Waals surface area contributed by atoms with Crippen molar-refractivity contribution in [1.82, 2.24) is 0 Å². The Hall–Kier alpha value is -1.35. The van der Waals surface area contributed by atoms with E-state index in [1.54, 1.807) is 6.92 Å². The second kappa shape index (κ2) is 7.01. The van der Waals surface area contributed by atoms with Gasteiger partial charge in [0.15, 0.2) is 0 Å². The second-order valence-corrected chi connectivity index (χ2v) is 3.09. The van der Waals surface area contributed by atoms with Crippen LogP contribution in [0.4, 0.5) is 0 Å². The smallest absolute Gasteiger partial charge is 0.308 e. The molecule has 0 bridgehead atoms. The molecule has 0 aliphatic rings. The molecule has 0 aliphatic carbocycles. The number of hydrogen-bond acceptors (Lipinski definition) is 3. The molecule has 3 nitrogen and oxygen atoms in total. The molecule has 1 aromatic carbocycles. The zero-order valence-electron chi connectivity index (χ0n) is 8.94. The van der Waals surface area contributed by atoms with E-state index in [-0.39, 0.29) is 5.97 Å². The fraction of sp³-hybridized carbons (Fsp3) is 0.417. The van der Waals surface area contributed by atoms with Gasteiger partial charge in [-0.1, -0.05) is 30.3 Å². The van der Waals surface area contributed by atoms with E-state index in [4.69, 9.17) is 9.47 Å². The molecule has 0 amide bonds. The molecule has 0 heterocycles. The highest BCUT2D eigenvalue weighted by Gasteiger charge is 2.00. The van der Waals surface area contributed by atoms with Crippen molar-refractivity contribution in [3.63, 3.8) is 0 Å². The highest BCUT2D eigenvalue weighted by Crippen LogP contribution is 2.00. The average Bonchev–Trinajstić information content (AvgIpc) is 2.26. The molecule has 0 spiro atoms. The molecule has 0 radical (unpaired) electrons. The van der Waals surface area contributed by atoms with E-state index in [2.05, 4.69) is 0 Å². The Morgan fingerprint density at radius 2 is 2.00 bits per heavy atom. The van der Waals surface area contributed by atoms with Crippen LogP contribution in [0.5, 0.6) is 0 Å². The largest absolute Gasteiger partial charge is 0.466 e. The summed E-state index contributed by atoms with van der Waals surface area (Å²) in [4.78, 5) is 11.0. The van der Waals surface area contributed by atoms with E-state index in [1.807, 2.05) is 30.3 Å². The summed E-state index contributed by atoms with van der Waals surface area (Å²) >= 11 is 0. The standard InChI is InChI=1S/C12H16O3/c1-2-15-12(13)8-9-14-10-11-6-4-3-5-7-11/h3-7H,2,8-10H2,1H3. The lowest BCUT2D eigenvalue weighted by molar-refractivity contribution is -0.144. The van der Waals surface area contributed by atoms with Gasteiger partial charge in [0.25, 0.3) is 0 Å². The van der Waals surface area contributed by atoms with Crippen LogP contribution in [0.3, 0.4) is 0 Å². The zero-order valence-corrected chi connectivity index (χ0v) is 8.94. The van der Waals surface area contributed by atoms with E-state index in [0.717, 1.165) is 5.56 Å². The van der Waals surface area contributed by atoms with Crippen molar-refractivity contribution < 1.29 is 14.3 Å². The maximum Gasteiger partial charge on any atom is 0.308 e. The first kappa shape index (κ1) is 11.7. The van der Waals surface area contributed by atoms with Gasteiger partial charge in [0.2, 0.25) is 0 Å². The molecular formula is C12H16O3. The van der Waals surface area contributed by atoms with Crippen molar-refractivity contribution in [2.24, 2.45) is 0 Å². The van der Waals surface area contributed by atoms with E-state index >= 15 is 0 Å². The van der Waals surface area contributed by atoms with Crippen LogP contribution in [0.2, 0.25) is 0 Å². The van der Waals surface area contributed by atoms with Crippen molar-refractivity contribution >= 4 is 5.97 Å². The van der Waals surface area contributed by atoms with Crippen LogP contribution in [0.1, 0.15) is 18.9 Å². The molecule has 15 heavy (non-hydrogen) atoms. The summed E-state index contributed by atoms with van der Waals surface area (Å²) in [5.41, 5.74) is 1.11. The van der Waals surface area contributed by atoms with Gasteiger partial charge >= 0.3 is 5.97 Å². The third kappa shape index (κ3) is 5.18. The second-order valence-electron chi connectivity index (χ2n) is 3.09. The Morgan fingerprint density at radius 1 is 1.27 bits per heavy atom. The fourth-order valence-corrected chi connectivity index (χ4v) is 1.15. The monoisotopic (exact) mass is 208 g/mol. The highest BCUT2D eigenvalue weighted by atomic mass is 16.5. The van der Waals surface area contributed by atoms with Crippen molar-refractivity contribution in [3.8, 4) is 0 Å². The summed E-state index contributed by atoms with van der Waals surface area (Å²) in [6, 6.07) is 9.87. The molecule has 0 atom stereocenters. The van der Waals surface area contributed by atoms with Gasteiger partial charge in [-0.3, -0.25) is 4.79 Å². The lowest BCUT2D eigenvalue weighted by atomic mass is 10.2. The minimum Gasteiger partial charge on any atom is -0.466 e. The van der Waals surface area contributed by atoms with Crippen molar-refractivity contribution in [2.45, 2.75) is 20.0 Å². The Labute approximate surface area is 90.0 Å². The zero-order chi connectivity index (χ0) is 10.9. The number of esters is 1. The number of carbonyl (C=O) groups is 1. The minimum atomic E-state index is -0.203. The van der Waals surface area contributed by atoms with Crippen LogP contribution in [0.15, 0.2) is 30.3 Å². The molecule has 0 unspecified atom stereocenters. The van der Waals surface area contributed by atoms with E-state index in [0.29, 0.717) is 26.2 Å². The van der Waals surface area contributed by atoms with Gasteiger partial charge in [-0.15, -0.1) is 0 Å². The average molecular weight is 208 g/mol. The molecule has 1 aromatic rings. The summed E-state index contributed by atoms with van der Waals surface area (Å²) < 4.78 is 10.1. The van der Waals surface area contributed by atoms with E-state index in [9.17, 15) is 4.79 Å². The molecule has 1 rings (SSSR count). The lowest BCUT2D eigenvalue weighted by Crippen LogP contribution is -2.07. The molecule has 0 saturated heterocycles. The fourth-order valence-electron chi connectivity index (χ4n) is 1.15. The number of ether oxygens (including phenoxy) is 2. The number of hydrogen-bond donors (Lipinski definition) is 0. The molecule has 3 heteroatoms. The summed E-state index contributed by atoms with van der Waals surface area (Å²) in [6.07, 6.45) is 0.320. The van der Waals surface area contributed by atoms with Crippen LogP contribution in [-0.4, -0.2) is 19.2 Å². The van der Waals surface area contributed by atoms with Crippen LogP contribution in [-0.2, 0) is 20.9 Å². The third-order valence-electron chi connectivity index (χ3n) is 1.87. The third-order valence-corrected chi connectivity index (χ3v) is 1.87. The number of benzene rings is 1. The van der Waals surface area contributed by atoms with E-state index < -0.39 is 0 Å². The van der Waals surface area contributed by atoms with Crippen LogP contribution < -0.4 is 0 Å². The molecule has 0 fully saturated rings. The SMILES string of the molecule is CCOC(=O)CCOCc1ccccc1. The first-order valence-electron chi connectivity index (χ1n) is 5.10. The molecule has 0 saturated carbocycles. The van der Waals surface area contributed by atoms with Gasteiger partial charge < -0.3 is 9.47 Å². The molecule has 0 aromatic heterocycles. The van der Waals surface area contributed by atoms with Gasteiger partial charge in [-0.25, -0.2) is 0 Å². The van der Waals surface area contributed by atoms with Gasteiger partial charge in [-0.05, 0) is 12.5 Å². The van der Waals surface area contributed by atoms with Crippen LogP contribution in [0, 0.1) is 0 Å². The Kier molecular flexibility index (Phi) is 5.48.